The fraction of sp³-hybridized carbons (Fsp3) is 0.200. The standard InChI is InChI=1S/C15H15Cl/c1-2-13(12-8-4-3-5-9-12)14-10-6-7-11-15(14)16/h3-11,13H,2H2,1H3/t13-/m0/s1. The van der Waals surface area contributed by atoms with Crippen LogP contribution in [-0.2, 0) is 0 Å². The van der Waals surface area contributed by atoms with E-state index in [9.17, 15) is 0 Å². The third-order valence-corrected chi connectivity index (χ3v) is 3.24. The van der Waals surface area contributed by atoms with E-state index in [2.05, 4.69) is 37.3 Å². The average molecular weight is 231 g/mol. The van der Waals surface area contributed by atoms with Crippen LogP contribution in [0, 0.1) is 0 Å². The molecule has 0 unspecified atom stereocenters. The molecule has 0 saturated carbocycles. The first-order chi connectivity index (χ1) is 7.83. The van der Waals surface area contributed by atoms with E-state index in [0.717, 1.165) is 11.4 Å². The molecule has 0 aliphatic carbocycles. The second kappa shape index (κ2) is 5.18. The van der Waals surface area contributed by atoms with Crippen LogP contribution in [0.1, 0.15) is 30.4 Å². The second-order valence-corrected chi connectivity index (χ2v) is 4.30. The van der Waals surface area contributed by atoms with Crippen LogP contribution in [0.25, 0.3) is 0 Å². The summed E-state index contributed by atoms with van der Waals surface area (Å²) >= 11 is 6.25. The molecule has 2 aromatic rings. The van der Waals surface area contributed by atoms with Gasteiger partial charge in [-0.1, -0.05) is 67.1 Å². The van der Waals surface area contributed by atoms with Crippen molar-refractivity contribution in [1.29, 1.82) is 0 Å². The van der Waals surface area contributed by atoms with Crippen LogP contribution < -0.4 is 0 Å². The molecule has 0 amide bonds. The lowest BCUT2D eigenvalue weighted by Crippen LogP contribution is -1.99. The molecule has 0 radical (unpaired) electrons. The predicted molar refractivity (Wildman–Crippen MR) is 70.0 cm³/mol. The summed E-state index contributed by atoms with van der Waals surface area (Å²) in [6.45, 7) is 2.20. The molecule has 0 bridgehead atoms. The summed E-state index contributed by atoms with van der Waals surface area (Å²) in [6, 6.07) is 18.6. The maximum Gasteiger partial charge on any atom is 0.0444 e. The molecule has 1 atom stereocenters. The van der Waals surface area contributed by atoms with Crippen molar-refractivity contribution in [3.05, 3.63) is 70.7 Å². The van der Waals surface area contributed by atoms with Crippen molar-refractivity contribution in [1.82, 2.24) is 0 Å². The zero-order chi connectivity index (χ0) is 11.4. The molecule has 0 spiro atoms. The van der Waals surface area contributed by atoms with Gasteiger partial charge in [0.15, 0.2) is 0 Å². The number of benzene rings is 2. The quantitative estimate of drug-likeness (QED) is 0.705. The van der Waals surface area contributed by atoms with Crippen molar-refractivity contribution in [3.63, 3.8) is 0 Å². The zero-order valence-corrected chi connectivity index (χ0v) is 10.1. The summed E-state index contributed by atoms with van der Waals surface area (Å²) < 4.78 is 0. The maximum atomic E-state index is 6.25. The molecule has 2 rings (SSSR count). The van der Waals surface area contributed by atoms with Gasteiger partial charge in [-0.25, -0.2) is 0 Å². The molecule has 0 heterocycles. The minimum Gasteiger partial charge on any atom is -0.0840 e. The summed E-state index contributed by atoms with van der Waals surface area (Å²) in [5, 5.41) is 0.859. The Bertz CT molecular complexity index is 448. The van der Waals surface area contributed by atoms with E-state index >= 15 is 0 Å². The molecule has 0 aromatic heterocycles. The van der Waals surface area contributed by atoms with Crippen LogP contribution in [0.4, 0.5) is 0 Å². The van der Waals surface area contributed by atoms with Crippen molar-refractivity contribution >= 4 is 11.6 Å². The Morgan fingerprint density at radius 1 is 0.938 bits per heavy atom. The molecule has 0 aliphatic rings. The van der Waals surface area contributed by atoms with Crippen LogP contribution in [-0.4, -0.2) is 0 Å². The smallest absolute Gasteiger partial charge is 0.0444 e. The van der Waals surface area contributed by atoms with Crippen LogP contribution in [0.15, 0.2) is 54.6 Å². The lowest BCUT2D eigenvalue weighted by Gasteiger charge is -2.17. The fourth-order valence-corrected chi connectivity index (χ4v) is 2.35. The van der Waals surface area contributed by atoms with Gasteiger partial charge in [-0.3, -0.25) is 0 Å². The molecule has 82 valence electrons. The summed E-state index contributed by atoms with van der Waals surface area (Å²) in [6.07, 6.45) is 1.06. The van der Waals surface area contributed by atoms with E-state index < -0.39 is 0 Å². The molecular formula is C15H15Cl. The Morgan fingerprint density at radius 3 is 2.19 bits per heavy atom. The normalized spacial score (nSPS) is 12.4. The summed E-state index contributed by atoms with van der Waals surface area (Å²) in [5.41, 5.74) is 2.55. The molecule has 0 nitrogen and oxygen atoms in total. The van der Waals surface area contributed by atoms with Gasteiger partial charge in [0, 0.05) is 10.9 Å². The average Bonchev–Trinajstić information content (AvgIpc) is 2.34. The predicted octanol–water partition coefficient (Wildman–Crippen LogP) is 4.88. The SMILES string of the molecule is CC[C@@H](c1ccccc1)c1ccccc1Cl. The molecular weight excluding hydrogens is 216 g/mol. The van der Waals surface area contributed by atoms with Crippen LogP contribution in [0.2, 0.25) is 5.02 Å². The van der Waals surface area contributed by atoms with Gasteiger partial charge in [0.2, 0.25) is 0 Å². The number of hydrogen-bond donors (Lipinski definition) is 0. The van der Waals surface area contributed by atoms with Crippen molar-refractivity contribution in [2.75, 3.05) is 0 Å². The summed E-state index contributed by atoms with van der Waals surface area (Å²) in [7, 11) is 0. The first-order valence-electron chi connectivity index (χ1n) is 5.62. The highest BCUT2D eigenvalue weighted by Crippen LogP contribution is 2.32. The monoisotopic (exact) mass is 230 g/mol. The van der Waals surface area contributed by atoms with Crippen molar-refractivity contribution in [2.45, 2.75) is 19.3 Å². The molecule has 16 heavy (non-hydrogen) atoms. The first kappa shape index (κ1) is 11.2. The topological polar surface area (TPSA) is 0 Å². The highest BCUT2D eigenvalue weighted by Gasteiger charge is 2.13. The largest absolute Gasteiger partial charge is 0.0840 e. The molecule has 0 fully saturated rings. The Balaban J connectivity index is 2.41. The summed E-state index contributed by atoms with van der Waals surface area (Å²) in [5.74, 6) is 0.398. The van der Waals surface area contributed by atoms with E-state index in [1.807, 2.05) is 24.3 Å². The lowest BCUT2D eigenvalue weighted by atomic mass is 9.89. The number of halogens is 1. The third-order valence-electron chi connectivity index (χ3n) is 2.89. The second-order valence-electron chi connectivity index (χ2n) is 3.89. The minimum atomic E-state index is 0.398. The molecule has 0 N–H and O–H groups in total. The van der Waals surface area contributed by atoms with E-state index in [-0.39, 0.29) is 0 Å². The third kappa shape index (κ3) is 2.28. The van der Waals surface area contributed by atoms with Crippen LogP contribution >= 0.6 is 11.6 Å². The summed E-state index contributed by atoms with van der Waals surface area (Å²) in [4.78, 5) is 0. The molecule has 0 aliphatic heterocycles. The van der Waals surface area contributed by atoms with Crippen molar-refractivity contribution < 1.29 is 0 Å². The molecule has 0 saturated heterocycles. The Hall–Kier alpha value is -1.27. The number of hydrogen-bond acceptors (Lipinski definition) is 0. The van der Waals surface area contributed by atoms with Gasteiger partial charge in [-0.05, 0) is 23.6 Å². The maximum absolute atomic E-state index is 6.25. The van der Waals surface area contributed by atoms with Gasteiger partial charge in [-0.15, -0.1) is 0 Å². The Labute approximate surface area is 102 Å². The number of rotatable bonds is 3. The van der Waals surface area contributed by atoms with Crippen molar-refractivity contribution in [2.24, 2.45) is 0 Å². The van der Waals surface area contributed by atoms with Crippen LogP contribution in [0.3, 0.4) is 0 Å². The van der Waals surface area contributed by atoms with Gasteiger partial charge in [0.1, 0.15) is 0 Å². The van der Waals surface area contributed by atoms with Crippen LogP contribution in [0.5, 0.6) is 0 Å². The Morgan fingerprint density at radius 2 is 1.56 bits per heavy atom. The van der Waals surface area contributed by atoms with Gasteiger partial charge >= 0.3 is 0 Å². The van der Waals surface area contributed by atoms with Gasteiger partial charge in [0.25, 0.3) is 0 Å². The molecule has 1 heteroatoms. The van der Waals surface area contributed by atoms with E-state index in [0.29, 0.717) is 5.92 Å². The fourth-order valence-electron chi connectivity index (χ4n) is 2.08. The molecule has 2 aromatic carbocycles. The van der Waals surface area contributed by atoms with Crippen molar-refractivity contribution in [3.8, 4) is 0 Å². The zero-order valence-electron chi connectivity index (χ0n) is 9.36. The Kier molecular flexibility index (Phi) is 3.63. The minimum absolute atomic E-state index is 0.398. The van der Waals surface area contributed by atoms with Gasteiger partial charge in [-0.2, -0.15) is 0 Å². The highest BCUT2D eigenvalue weighted by atomic mass is 35.5. The van der Waals surface area contributed by atoms with E-state index in [1.54, 1.807) is 0 Å². The lowest BCUT2D eigenvalue weighted by molar-refractivity contribution is 0.777. The van der Waals surface area contributed by atoms with E-state index in [1.165, 1.54) is 11.1 Å². The highest BCUT2D eigenvalue weighted by molar-refractivity contribution is 6.31. The van der Waals surface area contributed by atoms with Gasteiger partial charge < -0.3 is 0 Å². The van der Waals surface area contributed by atoms with E-state index in [4.69, 9.17) is 11.6 Å². The first-order valence-corrected chi connectivity index (χ1v) is 6.00. The van der Waals surface area contributed by atoms with Gasteiger partial charge in [0.05, 0.1) is 0 Å².